The van der Waals surface area contributed by atoms with Crippen LogP contribution in [0.3, 0.4) is 0 Å². The number of amides is 3. The molecule has 0 saturated carbocycles. The van der Waals surface area contributed by atoms with Crippen LogP contribution in [-0.2, 0) is 86.3 Å². The summed E-state index contributed by atoms with van der Waals surface area (Å²) in [5, 5.41) is 26.0. The van der Waals surface area contributed by atoms with E-state index >= 15 is 0 Å². The molecule has 0 aromatic carbocycles. The van der Waals surface area contributed by atoms with E-state index in [1.807, 2.05) is 0 Å². The molecule has 5 N–H and O–H groups in total. The first-order valence-electron chi connectivity index (χ1n) is 20.7. The van der Waals surface area contributed by atoms with Crippen molar-refractivity contribution < 1.29 is 129 Å². The molecule has 2 atom stereocenters. The maximum absolute atomic E-state index is 10.8. The largest absolute Gasteiger partial charge is 1.00 e. The first kappa shape index (κ1) is 74.1. The average molecular weight is 1030 g/mol. The van der Waals surface area contributed by atoms with Crippen molar-refractivity contribution in [3.63, 3.8) is 0 Å². The van der Waals surface area contributed by atoms with E-state index in [0.29, 0.717) is 65.7 Å². The molecule has 0 heterocycles. The average Bonchev–Trinajstić information content (AvgIpc) is 3.31. The molecule has 394 valence electrons. The van der Waals surface area contributed by atoms with Gasteiger partial charge in [0.15, 0.2) is 0 Å². The fourth-order valence-electron chi connectivity index (χ4n) is 3.71. The van der Waals surface area contributed by atoms with Gasteiger partial charge >= 0.3 is 53.4 Å². The second-order valence-corrected chi connectivity index (χ2v) is 14.8. The molecular weight excluding hydrogens is 962 g/mol. The van der Waals surface area contributed by atoms with Crippen LogP contribution in [0.5, 0.6) is 0 Å². The van der Waals surface area contributed by atoms with Crippen molar-refractivity contribution in [2.75, 3.05) is 105 Å². The molecule has 2 unspecified atom stereocenters. The molecule has 0 aromatic rings. The van der Waals surface area contributed by atoms with Crippen molar-refractivity contribution in [3.8, 4) is 0 Å². The van der Waals surface area contributed by atoms with E-state index in [9.17, 15) is 56.7 Å². The number of carbonyl (C=O) groups is 7. The Bertz CT molecular complexity index is 1590. The molecule has 24 nitrogen and oxygen atoms in total. The Morgan fingerprint density at radius 3 is 1.11 bits per heavy atom. The minimum Gasteiger partial charge on any atom is -0.748 e. The number of aliphatic hydroxyl groups is 2. The molecular formula is C44H70N3NaO21S. The topological polar surface area (TPSA) is 336 Å². The summed E-state index contributed by atoms with van der Waals surface area (Å²) in [4.78, 5) is 74.7. The Hall–Kier alpha value is -4.90. The Labute approximate surface area is 432 Å². The molecule has 0 saturated heterocycles. The quantitative estimate of drug-likeness (QED) is 0.00772. The van der Waals surface area contributed by atoms with E-state index in [1.54, 1.807) is 0 Å². The first-order chi connectivity index (χ1) is 32.6. The van der Waals surface area contributed by atoms with Crippen molar-refractivity contribution in [1.82, 2.24) is 16.0 Å². The maximum atomic E-state index is 10.8. The normalized spacial score (nSPS) is 10.9. The summed E-state index contributed by atoms with van der Waals surface area (Å²) in [6.45, 7) is 29.1. The van der Waals surface area contributed by atoms with Crippen LogP contribution in [0.25, 0.3) is 0 Å². The summed E-state index contributed by atoms with van der Waals surface area (Å²) in [7, 11) is -4.33. The standard InChI is InChI=1S/C16H26O8.C14H22O7.C7H10N2O2.C7H13NO4S.Na/c1-3-15(19)23-11-13(17)9-21-7-5-6-8-22-10-14(18)12-24-16(20)4-2;1-3-13(15)20-11-9-18-7-5-17-6-8-19-10-12-21-14(16)4-2;1-3-6(10)8-5-9-7(11)4-2;1-4-6(9)8-7(2,3)5-13(10,11)12;/h3-4,13-14,17-18H,1-2,5-12H2;3-4H,1-2,5-12H2;3-4H,1-2,5H2,(H,8,10)(H,9,11);4H,1,5H2,2-3H3,(H,8,9)(H,10,11,12);/q;;;;+1/p-1. The van der Waals surface area contributed by atoms with Crippen LogP contribution in [-0.4, -0.2) is 187 Å². The van der Waals surface area contributed by atoms with Crippen molar-refractivity contribution >= 4 is 51.7 Å². The van der Waals surface area contributed by atoms with Gasteiger partial charge < -0.3 is 73.3 Å². The monoisotopic (exact) mass is 1030 g/mol. The molecule has 3 amide bonds. The van der Waals surface area contributed by atoms with Crippen LogP contribution in [0.2, 0.25) is 0 Å². The molecule has 0 rings (SSSR count). The van der Waals surface area contributed by atoms with Gasteiger partial charge in [0.2, 0.25) is 17.7 Å². The molecule has 0 aliphatic rings. The zero-order valence-electron chi connectivity index (χ0n) is 40.4. The number of hydrogen-bond donors (Lipinski definition) is 5. The maximum Gasteiger partial charge on any atom is 1.00 e. The van der Waals surface area contributed by atoms with Gasteiger partial charge in [0.1, 0.15) is 38.6 Å². The van der Waals surface area contributed by atoms with E-state index in [-0.39, 0.29) is 87.7 Å². The van der Waals surface area contributed by atoms with Gasteiger partial charge in [0, 0.05) is 43.1 Å². The van der Waals surface area contributed by atoms with Gasteiger partial charge in [0.05, 0.1) is 75.4 Å². The Morgan fingerprint density at radius 1 is 0.500 bits per heavy atom. The van der Waals surface area contributed by atoms with E-state index in [1.165, 1.54) is 13.8 Å². The van der Waals surface area contributed by atoms with Crippen molar-refractivity contribution in [2.45, 2.75) is 44.4 Å². The number of nitrogens with one attached hydrogen (secondary N) is 3. The van der Waals surface area contributed by atoms with Gasteiger partial charge in [-0.1, -0.05) is 46.1 Å². The molecule has 0 aliphatic heterocycles. The fourth-order valence-corrected chi connectivity index (χ4v) is 4.66. The summed E-state index contributed by atoms with van der Waals surface area (Å²) in [5.41, 5.74) is -1.06. The van der Waals surface area contributed by atoms with E-state index in [4.69, 9.17) is 33.2 Å². The van der Waals surface area contributed by atoms with E-state index in [2.05, 4.69) is 71.5 Å². The van der Waals surface area contributed by atoms with Gasteiger partial charge in [-0.15, -0.1) is 0 Å². The number of aliphatic hydroxyl groups excluding tert-OH is 2. The van der Waals surface area contributed by atoms with Crippen molar-refractivity contribution in [1.29, 1.82) is 0 Å². The number of ether oxygens (including phenoxy) is 9. The second kappa shape index (κ2) is 50.5. The first-order valence-corrected chi connectivity index (χ1v) is 22.2. The molecule has 0 bridgehead atoms. The smallest absolute Gasteiger partial charge is 0.748 e. The Balaban J connectivity index is -0.000000279. The second-order valence-electron chi connectivity index (χ2n) is 13.4. The summed E-state index contributed by atoms with van der Waals surface area (Å²) in [6.07, 6.45) is 7.17. The molecule has 0 aliphatic carbocycles. The zero-order chi connectivity index (χ0) is 53.4. The molecule has 0 aromatic heterocycles. The Morgan fingerprint density at radius 2 is 0.814 bits per heavy atom. The van der Waals surface area contributed by atoms with Crippen molar-refractivity contribution in [3.05, 3.63) is 88.6 Å². The van der Waals surface area contributed by atoms with Gasteiger partial charge in [-0.2, -0.15) is 0 Å². The molecule has 0 fully saturated rings. The Kier molecular flexibility index (Phi) is 53.4. The number of unbranched alkanes of at least 4 members (excludes halogenated alkanes) is 1. The molecule has 26 heteroatoms. The van der Waals surface area contributed by atoms with Crippen LogP contribution in [0.1, 0.15) is 26.7 Å². The molecule has 70 heavy (non-hydrogen) atoms. The van der Waals surface area contributed by atoms with Crippen LogP contribution in [0, 0.1) is 0 Å². The van der Waals surface area contributed by atoms with Gasteiger partial charge in [-0.05, 0) is 44.9 Å². The molecule has 0 radical (unpaired) electrons. The number of carbonyl (C=O) groups excluding carboxylic acids is 7. The van der Waals surface area contributed by atoms with Crippen LogP contribution < -0.4 is 45.5 Å². The van der Waals surface area contributed by atoms with Crippen LogP contribution >= 0.6 is 0 Å². The van der Waals surface area contributed by atoms with Gasteiger partial charge in [0.25, 0.3) is 0 Å². The van der Waals surface area contributed by atoms with Crippen LogP contribution in [0.4, 0.5) is 0 Å². The number of hydrogen-bond acceptors (Lipinski definition) is 21. The SMILES string of the molecule is C=CC(=O)NC(C)(C)CS(=O)(=O)[O-].C=CC(=O)NCNC(=O)C=C.C=CC(=O)OCC(O)COCCCCOCC(O)COC(=O)C=C.C=CC(=O)OCCOCCOCCOCCOC(=O)C=C.[Na+]. The predicted octanol–water partition coefficient (Wildman–Crippen LogP) is -3.36. The minimum absolute atomic E-state index is 0. The van der Waals surface area contributed by atoms with Gasteiger partial charge in [-0.25, -0.2) is 27.6 Å². The zero-order valence-corrected chi connectivity index (χ0v) is 43.2. The number of rotatable bonds is 37. The summed E-state index contributed by atoms with van der Waals surface area (Å²) < 4.78 is 75.9. The fraction of sp³-hybridized carbons (Fsp3) is 0.523. The third-order valence-electron chi connectivity index (χ3n) is 6.72. The summed E-state index contributed by atoms with van der Waals surface area (Å²) >= 11 is 0. The third-order valence-corrected chi connectivity index (χ3v) is 7.79. The molecule has 0 spiro atoms. The minimum atomic E-state index is -4.33. The van der Waals surface area contributed by atoms with Gasteiger partial charge in [-0.3, -0.25) is 14.4 Å². The number of esters is 4. The van der Waals surface area contributed by atoms with Crippen molar-refractivity contribution in [2.24, 2.45) is 0 Å². The summed E-state index contributed by atoms with van der Waals surface area (Å²) in [6, 6.07) is 0. The van der Waals surface area contributed by atoms with Crippen LogP contribution in [0.15, 0.2) is 88.6 Å². The third kappa shape index (κ3) is 61.1. The van der Waals surface area contributed by atoms with E-state index < -0.39 is 63.4 Å². The summed E-state index contributed by atoms with van der Waals surface area (Å²) in [5.74, 6) is -3.91. The predicted molar refractivity (Wildman–Crippen MR) is 248 cm³/mol. The van der Waals surface area contributed by atoms with E-state index in [0.717, 1.165) is 42.5 Å².